The highest BCUT2D eigenvalue weighted by Gasteiger charge is 1.98. The summed E-state index contributed by atoms with van der Waals surface area (Å²) >= 11 is 0. The van der Waals surface area contributed by atoms with Crippen LogP contribution in [0.25, 0.3) is 0 Å². The van der Waals surface area contributed by atoms with E-state index in [1.165, 1.54) is 32.1 Å². The lowest BCUT2D eigenvalue weighted by Gasteiger charge is -1.97. The molecule has 68 valence electrons. The van der Waals surface area contributed by atoms with Gasteiger partial charge < -0.3 is 0 Å². The smallest absolute Gasteiger partial charge is 0.155 e. The van der Waals surface area contributed by atoms with Gasteiger partial charge in [0.05, 0.1) is 0 Å². The number of carbonyl (C=O) groups is 1. The lowest BCUT2D eigenvalue weighted by Crippen LogP contribution is -1.91. The fraction of sp³-hybridized carbons (Fsp3) is 0.727. The highest BCUT2D eigenvalue weighted by molar-refractivity contribution is 5.89. The molecule has 0 aromatic heterocycles. The summed E-state index contributed by atoms with van der Waals surface area (Å²) in [6.45, 7) is 0. The first kappa shape index (κ1) is 9.50. The Labute approximate surface area is 74.9 Å². The lowest BCUT2D eigenvalue weighted by atomic mass is 10.1. The molecule has 0 aromatic rings. The molecule has 0 aliphatic heterocycles. The SMILES string of the molecule is O=C1/C=C\CCCCCCCC1. The molecule has 1 rings (SSSR count). The topological polar surface area (TPSA) is 17.1 Å². The Balaban J connectivity index is 2.29. The highest BCUT2D eigenvalue weighted by Crippen LogP contribution is 2.10. The van der Waals surface area contributed by atoms with Crippen LogP contribution < -0.4 is 0 Å². The highest BCUT2D eigenvalue weighted by atomic mass is 16.1. The van der Waals surface area contributed by atoms with Gasteiger partial charge in [-0.2, -0.15) is 0 Å². The van der Waals surface area contributed by atoms with E-state index in [2.05, 4.69) is 0 Å². The van der Waals surface area contributed by atoms with E-state index in [1.54, 1.807) is 6.08 Å². The van der Waals surface area contributed by atoms with Crippen LogP contribution in [0.5, 0.6) is 0 Å². The predicted molar refractivity (Wildman–Crippen MR) is 51.1 cm³/mol. The van der Waals surface area contributed by atoms with E-state index in [4.69, 9.17) is 0 Å². The second-order valence-corrected chi connectivity index (χ2v) is 3.53. The fourth-order valence-corrected chi connectivity index (χ4v) is 1.57. The minimum atomic E-state index is 0.317. The molecule has 1 nitrogen and oxygen atoms in total. The number of allylic oxidation sites excluding steroid dienone is 2. The van der Waals surface area contributed by atoms with Crippen LogP contribution in [0.15, 0.2) is 12.2 Å². The van der Waals surface area contributed by atoms with Crippen LogP contribution in [0.3, 0.4) is 0 Å². The molecule has 0 radical (unpaired) electrons. The predicted octanol–water partition coefficient (Wildman–Crippen LogP) is 3.25. The van der Waals surface area contributed by atoms with Crippen LogP contribution in [-0.2, 0) is 4.79 Å². The van der Waals surface area contributed by atoms with Gasteiger partial charge in [-0.3, -0.25) is 4.79 Å². The average molecular weight is 166 g/mol. The summed E-state index contributed by atoms with van der Waals surface area (Å²) in [6.07, 6.45) is 13.2. The third-order valence-corrected chi connectivity index (χ3v) is 2.35. The van der Waals surface area contributed by atoms with Crippen molar-refractivity contribution in [1.82, 2.24) is 0 Å². The minimum Gasteiger partial charge on any atom is -0.295 e. The van der Waals surface area contributed by atoms with Crippen molar-refractivity contribution >= 4 is 5.78 Å². The number of hydrogen-bond donors (Lipinski definition) is 0. The van der Waals surface area contributed by atoms with Gasteiger partial charge in [0.2, 0.25) is 0 Å². The van der Waals surface area contributed by atoms with E-state index < -0.39 is 0 Å². The number of carbonyl (C=O) groups excluding carboxylic acids is 1. The van der Waals surface area contributed by atoms with Crippen molar-refractivity contribution in [3.8, 4) is 0 Å². The maximum Gasteiger partial charge on any atom is 0.155 e. The number of rotatable bonds is 0. The second kappa shape index (κ2) is 5.99. The minimum absolute atomic E-state index is 0.317. The van der Waals surface area contributed by atoms with Crippen LogP contribution in [0.1, 0.15) is 51.4 Å². The van der Waals surface area contributed by atoms with Crippen LogP contribution in [0.4, 0.5) is 0 Å². The van der Waals surface area contributed by atoms with Gasteiger partial charge in [0.15, 0.2) is 5.78 Å². The molecule has 1 heteroatoms. The largest absolute Gasteiger partial charge is 0.295 e. The van der Waals surface area contributed by atoms with Gasteiger partial charge in [0, 0.05) is 6.42 Å². The first-order valence-corrected chi connectivity index (χ1v) is 5.09. The maximum absolute atomic E-state index is 11.1. The average Bonchev–Trinajstić information content (AvgIpc) is 2.11. The molecule has 0 unspecified atom stereocenters. The number of hydrogen-bond acceptors (Lipinski definition) is 1. The monoisotopic (exact) mass is 166 g/mol. The van der Waals surface area contributed by atoms with Crippen LogP contribution in [0.2, 0.25) is 0 Å². The van der Waals surface area contributed by atoms with Crippen molar-refractivity contribution in [3.63, 3.8) is 0 Å². The zero-order valence-corrected chi connectivity index (χ0v) is 7.72. The Morgan fingerprint density at radius 3 is 2.42 bits per heavy atom. The summed E-state index contributed by atoms with van der Waals surface area (Å²) in [5, 5.41) is 0. The zero-order chi connectivity index (χ0) is 8.65. The molecular weight excluding hydrogens is 148 g/mol. The molecule has 0 spiro atoms. The number of ketones is 1. The third kappa shape index (κ3) is 4.32. The third-order valence-electron chi connectivity index (χ3n) is 2.35. The summed E-state index contributed by atoms with van der Waals surface area (Å²) in [6, 6.07) is 0. The molecule has 0 atom stereocenters. The Morgan fingerprint density at radius 2 is 1.58 bits per heavy atom. The van der Waals surface area contributed by atoms with Crippen molar-refractivity contribution in [2.45, 2.75) is 51.4 Å². The summed E-state index contributed by atoms with van der Waals surface area (Å²) < 4.78 is 0. The maximum atomic E-state index is 11.1. The van der Waals surface area contributed by atoms with E-state index >= 15 is 0 Å². The molecule has 1 aliphatic carbocycles. The van der Waals surface area contributed by atoms with E-state index in [0.717, 1.165) is 19.3 Å². The summed E-state index contributed by atoms with van der Waals surface area (Å²) in [5.74, 6) is 0.317. The van der Waals surface area contributed by atoms with Crippen molar-refractivity contribution in [1.29, 1.82) is 0 Å². The molecule has 0 saturated heterocycles. The Bertz CT molecular complexity index is 158. The van der Waals surface area contributed by atoms with Gasteiger partial charge >= 0.3 is 0 Å². The quantitative estimate of drug-likeness (QED) is 0.540. The first-order chi connectivity index (χ1) is 5.89. The molecule has 0 amide bonds. The molecule has 12 heavy (non-hydrogen) atoms. The van der Waals surface area contributed by atoms with Gasteiger partial charge in [-0.15, -0.1) is 0 Å². The van der Waals surface area contributed by atoms with E-state index in [9.17, 15) is 4.79 Å². The molecular formula is C11H18O. The lowest BCUT2D eigenvalue weighted by molar-refractivity contribution is -0.114. The normalized spacial score (nSPS) is 24.5. The molecule has 0 fully saturated rings. The van der Waals surface area contributed by atoms with Crippen LogP contribution >= 0.6 is 0 Å². The molecule has 1 aliphatic rings. The van der Waals surface area contributed by atoms with Crippen molar-refractivity contribution in [3.05, 3.63) is 12.2 Å². The second-order valence-electron chi connectivity index (χ2n) is 3.53. The molecule has 0 N–H and O–H groups in total. The van der Waals surface area contributed by atoms with E-state index in [1.807, 2.05) is 6.08 Å². The first-order valence-electron chi connectivity index (χ1n) is 5.09. The Morgan fingerprint density at radius 1 is 0.917 bits per heavy atom. The van der Waals surface area contributed by atoms with Crippen LogP contribution in [0, 0.1) is 0 Å². The van der Waals surface area contributed by atoms with Crippen molar-refractivity contribution < 1.29 is 4.79 Å². The summed E-state index contributed by atoms with van der Waals surface area (Å²) in [4.78, 5) is 11.1. The molecule has 0 aromatic carbocycles. The molecule has 0 saturated carbocycles. The fourth-order valence-electron chi connectivity index (χ4n) is 1.57. The van der Waals surface area contributed by atoms with Gasteiger partial charge in [0.25, 0.3) is 0 Å². The van der Waals surface area contributed by atoms with Crippen molar-refractivity contribution in [2.24, 2.45) is 0 Å². The van der Waals surface area contributed by atoms with Crippen molar-refractivity contribution in [2.75, 3.05) is 0 Å². The zero-order valence-electron chi connectivity index (χ0n) is 7.72. The molecule has 0 heterocycles. The standard InChI is InChI=1S/C11H18O/c12-11-9-7-5-3-1-2-4-6-8-10-11/h7,9H,1-6,8,10H2/b9-7-. The summed E-state index contributed by atoms with van der Waals surface area (Å²) in [7, 11) is 0. The van der Waals surface area contributed by atoms with Gasteiger partial charge in [-0.25, -0.2) is 0 Å². The Hall–Kier alpha value is -0.590. The van der Waals surface area contributed by atoms with Gasteiger partial charge in [-0.05, 0) is 25.3 Å². The van der Waals surface area contributed by atoms with E-state index in [-0.39, 0.29) is 0 Å². The van der Waals surface area contributed by atoms with Crippen LogP contribution in [-0.4, -0.2) is 5.78 Å². The Kier molecular flexibility index (Phi) is 4.74. The van der Waals surface area contributed by atoms with E-state index in [0.29, 0.717) is 5.78 Å². The summed E-state index contributed by atoms with van der Waals surface area (Å²) in [5.41, 5.74) is 0. The van der Waals surface area contributed by atoms with Gasteiger partial charge in [0.1, 0.15) is 0 Å². The van der Waals surface area contributed by atoms with Gasteiger partial charge in [-0.1, -0.05) is 31.8 Å². The molecule has 0 bridgehead atoms.